The van der Waals surface area contributed by atoms with E-state index in [1.54, 1.807) is 19.1 Å². The van der Waals surface area contributed by atoms with Crippen molar-refractivity contribution in [3.8, 4) is 11.1 Å². The van der Waals surface area contributed by atoms with Crippen molar-refractivity contribution in [2.75, 3.05) is 0 Å². The lowest BCUT2D eigenvalue weighted by Gasteiger charge is -2.16. The summed E-state index contributed by atoms with van der Waals surface area (Å²) in [7, 11) is 0. The fourth-order valence-corrected chi connectivity index (χ4v) is 4.53. The zero-order valence-corrected chi connectivity index (χ0v) is 21.8. The molecule has 5 rings (SSSR count). The maximum Gasteiger partial charge on any atom is 0.416 e. The van der Waals surface area contributed by atoms with Crippen molar-refractivity contribution >= 4 is 22.9 Å². The molecule has 0 aliphatic rings. The molecule has 0 aliphatic heterocycles. The van der Waals surface area contributed by atoms with Gasteiger partial charge in [-0.05, 0) is 77.7 Å². The highest BCUT2D eigenvalue weighted by atomic mass is 19.4. The number of amides is 1. The smallest absolute Gasteiger partial charge is 0.416 e. The highest BCUT2D eigenvalue weighted by Crippen LogP contribution is 2.31. The fraction of sp³-hybridized carbons (Fsp3) is 0.133. The Morgan fingerprint density at radius 2 is 1.52 bits per heavy atom. The predicted molar refractivity (Wildman–Crippen MR) is 143 cm³/mol. The van der Waals surface area contributed by atoms with Crippen LogP contribution in [0.4, 0.5) is 22.0 Å². The summed E-state index contributed by atoms with van der Waals surface area (Å²) in [6.45, 7) is 1.67. The number of aromatic nitrogens is 3. The van der Waals surface area contributed by atoms with Crippen molar-refractivity contribution in [3.05, 3.63) is 118 Å². The summed E-state index contributed by atoms with van der Waals surface area (Å²) in [5.41, 5.74) is 1.30. The number of aromatic carboxylic acids is 1. The molecular formula is C30H21F5N4O3. The molecule has 12 heteroatoms. The molecule has 5 aromatic rings. The average Bonchev–Trinajstić information content (AvgIpc) is 3.34. The van der Waals surface area contributed by atoms with Gasteiger partial charge in [-0.3, -0.25) is 4.79 Å². The van der Waals surface area contributed by atoms with Crippen LogP contribution in [-0.4, -0.2) is 32.0 Å². The molecule has 1 atom stereocenters. The second-order valence-electron chi connectivity index (χ2n) is 9.61. The fourth-order valence-electron chi connectivity index (χ4n) is 4.53. The van der Waals surface area contributed by atoms with Crippen LogP contribution in [0.3, 0.4) is 0 Å². The molecule has 214 valence electrons. The highest BCUT2D eigenvalue weighted by Gasteiger charge is 2.30. The standard InChI is InChI=1S/C30H21F5N4O3/c1-16(18-4-6-19(7-5-18)29(41)42)36-28(40)25-12-21(20-10-23(31)14-24(32)11-20)13-26-27(25)39(38-37-26)15-17-2-8-22(9-3-17)30(33,34)35/h2-14,16H,15H2,1H3,(H,36,40)(H,41,42)/t16-/m0/s1. The SMILES string of the molecule is C[C@H](NC(=O)c1cc(-c2cc(F)cc(F)c2)cc2nnn(Cc3ccc(C(F)(F)F)cc3)c12)c1ccc(C(=O)O)cc1. The van der Waals surface area contributed by atoms with Crippen molar-refractivity contribution < 1.29 is 36.6 Å². The molecule has 0 bridgehead atoms. The summed E-state index contributed by atoms with van der Waals surface area (Å²) in [6.07, 6.45) is -4.50. The van der Waals surface area contributed by atoms with Crippen LogP contribution in [0, 0.1) is 11.6 Å². The summed E-state index contributed by atoms with van der Waals surface area (Å²) in [4.78, 5) is 24.8. The van der Waals surface area contributed by atoms with Gasteiger partial charge in [-0.25, -0.2) is 18.3 Å². The molecule has 0 unspecified atom stereocenters. The Hall–Kier alpha value is -5.13. The van der Waals surface area contributed by atoms with Gasteiger partial charge in [0.05, 0.1) is 29.3 Å². The van der Waals surface area contributed by atoms with Gasteiger partial charge in [-0.1, -0.05) is 29.5 Å². The number of carbonyl (C=O) groups excluding carboxylic acids is 1. The van der Waals surface area contributed by atoms with Gasteiger partial charge in [0.15, 0.2) is 0 Å². The molecule has 4 aromatic carbocycles. The third-order valence-corrected chi connectivity index (χ3v) is 6.67. The van der Waals surface area contributed by atoms with Crippen LogP contribution in [0.5, 0.6) is 0 Å². The molecule has 0 saturated heterocycles. The number of alkyl halides is 3. The van der Waals surface area contributed by atoms with Gasteiger partial charge >= 0.3 is 12.1 Å². The van der Waals surface area contributed by atoms with E-state index < -0.39 is 41.3 Å². The minimum atomic E-state index is -4.50. The Labute approximate surface area is 235 Å². The van der Waals surface area contributed by atoms with E-state index >= 15 is 0 Å². The zero-order valence-electron chi connectivity index (χ0n) is 21.8. The number of fused-ring (bicyclic) bond motifs is 1. The molecule has 0 aliphatic carbocycles. The lowest BCUT2D eigenvalue weighted by molar-refractivity contribution is -0.137. The lowest BCUT2D eigenvalue weighted by Crippen LogP contribution is -2.27. The molecule has 1 aromatic heterocycles. The number of carbonyl (C=O) groups is 2. The maximum absolute atomic E-state index is 14.0. The van der Waals surface area contributed by atoms with Crippen molar-refractivity contribution in [1.82, 2.24) is 20.3 Å². The van der Waals surface area contributed by atoms with Crippen molar-refractivity contribution in [1.29, 1.82) is 0 Å². The van der Waals surface area contributed by atoms with E-state index in [4.69, 9.17) is 5.11 Å². The Morgan fingerprint density at radius 1 is 0.905 bits per heavy atom. The van der Waals surface area contributed by atoms with E-state index in [0.29, 0.717) is 17.2 Å². The summed E-state index contributed by atoms with van der Waals surface area (Å²) >= 11 is 0. The predicted octanol–water partition coefficient (Wildman–Crippen LogP) is 6.63. The third-order valence-electron chi connectivity index (χ3n) is 6.67. The van der Waals surface area contributed by atoms with E-state index in [9.17, 15) is 31.5 Å². The first kappa shape index (κ1) is 28.4. The second kappa shape index (κ2) is 11.0. The van der Waals surface area contributed by atoms with E-state index in [0.717, 1.165) is 24.3 Å². The number of nitrogens with zero attached hydrogens (tertiary/aromatic N) is 3. The normalized spacial score (nSPS) is 12.3. The molecule has 0 radical (unpaired) electrons. The van der Waals surface area contributed by atoms with Crippen molar-refractivity contribution in [2.24, 2.45) is 0 Å². The van der Waals surface area contributed by atoms with Crippen LogP contribution in [0.25, 0.3) is 22.2 Å². The summed E-state index contributed by atoms with van der Waals surface area (Å²) in [5, 5.41) is 20.2. The molecule has 7 nitrogen and oxygen atoms in total. The first-order valence-electron chi connectivity index (χ1n) is 12.5. The van der Waals surface area contributed by atoms with E-state index in [2.05, 4.69) is 15.6 Å². The van der Waals surface area contributed by atoms with Crippen LogP contribution in [0.15, 0.2) is 78.9 Å². The van der Waals surface area contributed by atoms with Gasteiger partial charge < -0.3 is 10.4 Å². The topological polar surface area (TPSA) is 97.1 Å². The number of nitrogens with one attached hydrogen (secondary N) is 1. The Bertz CT molecular complexity index is 1780. The Morgan fingerprint density at radius 3 is 2.12 bits per heavy atom. The molecule has 0 fully saturated rings. The third kappa shape index (κ3) is 5.97. The molecule has 0 saturated carbocycles. The number of halogens is 5. The quantitative estimate of drug-likeness (QED) is 0.211. The van der Waals surface area contributed by atoms with E-state index in [-0.39, 0.29) is 39.8 Å². The summed E-state index contributed by atoms with van der Waals surface area (Å²) in [6, 6.07) is 15.7. The number of hydrogen-bond donors (Lipinski definition) is 2. The van der Waals surface area contributed by atoms with Crippen LogP contribution in [0.1, 0.15) is 50.4 Å². The van der Waals surface area contributed by atoms with Gasteiger partial charge in [0, 0.05) is 6.07 Å². The number of carboxylic acid groups (broad SMARTS) is 1. The summed E-state index contributed by atoms with van der Waals surface area (Å²) in [5.74, 6) is -3.33. The number of hydrogen-bond acceptors (Lipinski definition) is 4. The van der Waals surface area contributed by atoms with Crippen LogP contribution in [-0.2, 0) is 12.7 Å². The van der Waals surface area contributed by atoms with Gasteiger partial charge in [-0.15, -0.1) is 5.10 Å². The minimum absolute atomic E-state index is 0.0188. The maximum atomic E-state index is 14.0. The number of carboxylic acids is 1. The molecule has 42 heavy (non-hydrogen) atoms. The second-order valence-corrected chi connectivity index (χ2v) is 9.61. The molecule has 0 spiro atoms. The highest BCUT2D eigenvalue weighted by molar-refractivity contribution is 6.06. The average molecular weight is 581 g/mol. The summed E-state index contributed by atoms with van der Waals surface area (Å²) < 4.78 is 68.4. The van der Waals surface area contributed by atoms with Crippen molar-refractivity contribution in [2.45, 2.75) is 25.7 Å². The van der Waals surface area contributed by atoms with Crippen LogP contribution < -0.4 is 5.32 Å². The first-order valence-corrected chi connectivity index (χ1v) is 12.5. The first-order chi connectivity index (χ1) is 19.9. The Kier molecular flexibility index (Phi) is 7.46. The number of benzene rings is 4. The van der Waals surface area contributed by atoms with Gasteiger partial charge in [0.2, 0.25) is 0 Å². The monoisotopic (exact) mass is 580 g/mol. The van der Waals surface area contributed by atoms with E-state index in [1.165, 1.54) is 41.1 Å². The Balaban J connectivity index is 1.55. The molecule has 1 heterocycles. The molecule has 2 N–H and O–H groups in total. The lowest BCUT2D eigenvalue weighted by atomic mass is 10.00. The molecule has 1 amide bonds. The molecular weight excluding hydrogens is 559 g/mol. The zero-order chi connectivity index (χ0) is 30.2. The van der Waals surface area contributed by atoms with Crippen LogP contribution >= 0.6 is 0 Å². The van der Waals surface area contributed by atoms with Gasteiger partial charge in [-0.2, -0.15) is 13.2 Å². The number of rotatable bonds is 7. The largest absolute Gasteiger partial charge is 0.478 e. The minimum Gasteiger partial charge on any atom is -0.478 e. The van der Waals surface area contributed by atoms with Crippen molar-refractivity contribution in [3.63, 3.8) is 0 Å². The van der Waals surface area contributed by atoms with E-state index in [1.807, 2.05) is 0 Å². The van der Waals surface area contributed by atoms with Gasteiger partial charge in [0.25, 0.3) is 5.91 Å². The van der Waals surface area contributed by atoms with Gasteiger partial charge in [0.1, 0.15) is 22.7 Å². The van der Waals surface area contributed by atoms with Crippen LogP contribution in [0.2, 0.25) is 0 Å².